The van der Waals surface area contributed by atoms with Gasteiger partial charge in [-0.05, 0) is 0 Å². The van der Waals surface area contributed by atoms with Crippen LogP contribution in [0.4, 0.5) is 0 Å². The van der Waals surface area contributed by atoms with Crippen molar-refractivity contribution < 1.29 is 32.3 Å². The van der Waals surface area contributed by atoms with E-state index in [-0.39, 0.29) is 38.2 Å². The first kappa shape index (κ1) is 26.7. The topological polar surface area (TPSA) is 119 Å². The molecule has 4 rings (SSSR count). The molecule has 2 aliphatic heterocycles. The standard InChI is InChI=1S/C26H26N2O7SSe/c1-3-14-34-26(31)23-17(2)20(16-37-19-12-8-5-9-13-19)36(32,33)25-22(24(30)28(23)25)27-21(29)15-35-18-10-6-4-7-11-18/h3-13,20,22,25H,1,14-16H2,2H3,(H,27,29)/t20?,22-,25+/m1/s1. The fraction of sp³-hybridized carbons (Fsp3) is 0.269. The van der Waals surface area contributed by atoms with E-state index in [4.69, 9.17) is 9.47 Å². The minimum absolute atomic E-state index is 0.0911. The van der Waals surface area contributed by atoms with E-state index in [0.717, 1.165) is 9.36 Å². The first-order valence-electron chi connectivity index (χ1n) is 11.4. The van der Waals surface area contributed by atoms with Crippen LogP contribution < -0.4 is 14.5 Å². The number of esters is 1. The number of benzene rings is 2. The summed E-state index contributed by atoms with van der Waals surface area (Å²) < 4.78 is 39.1. The van der Waals surface area contributed by atoms with Gasteiger partial charge in [-0.2, -0.15) is 0 Å². The van der Waals surface area contributed by atoms with Gasteiger partial charge in [-0.3, -0.25) is 0 Å². The Kier molecular flexibility index (Phi) is 8.16. The molecule has 2 amide bonds. The van der Waals surface area contributed by atoms with E-state index in [1.165, 1.54) is 13.0 Å². The summed E-state index contributed by atoms with van der Waals surface area (Å²) in [5.41, 5.74) is 0.167. The van der Waals surface area contributed by atoms with Gasteiger partial charge in [-0.15, -0.1) is 0 Å². The number of carbonyl (C=O) groups excluding carboxylic acids is 3. The Morgan fingerprint density at radius 3 is 2.41 bits per heavy atom. The van der Waals surface area contributed by atoms with E-state index in [1.807, 2.05) is 30.3 Å². The second-order valence-electron chi connectivity index (χ2n) is 8.37. The van der Waals surface area contributed by atoms with E-state index < -0.39 is 50.9 Å². The van der Waals surface area contributed by atoms with Crippen molar-refractivity contribution in [2.45, 2.75) is 28.9 Å². The first-order chi connectivity index (χ1) is 17.8. The molecule has 1 N–H and O–H groups in total. The molecule has 2 aliphatic rings. The SMILES string of the molecule is C=CCOC(=O)C1=C(C)C(C[Se]c2ccccc2)S(=O)(=O)[C@H]2[C@H](NC(=O)COc3ccccc3)C(=O)N12. The Morgan fingerprint density at radius 2 is 1.76 bits per heavy atom. The van der Waals surface area contributed by atoms with Crippen molar-refractivity contribution in [2.75, 3.05) is 13.2 Å². The number of para-hydroxylation sites is 1. The number of nitrogens with zero attached hydrogens (tertiary/aromatic N) is 1. The van der Waals surface area contributed by atoms with Crippen LogP contribution >= 0.6 is 0 Å². The van der Waals surface area contributed by atoms with Gasteiger partial charge >= 0.3 is 216 Å². The van der Waals surface area contributed by atoms with Gasteiger partial charge in [0, 0.05) is 0 Å². The number of ether oxygens (including phenoxy) is 2. The molecule has 1 saturated heterocycles. The fourth-order valence-electron chi connectivity index (χ4n) is 4.18. The number of sulfone groups is 1. The average molecular weight is 590 g/mol. The third-order valence-corrected chi connectivity index (χ3v) is 11.2. The Balaban J connectivity index is 1.58. The number of hydrogen-bond acceptors (Lipinski definition) is 7. The van der Waals surface area contributed by atoms with Crippen molar-refractivity contribution >= 4 is 47.0 Å². The molecule has 0 aromatic heterocycles. The zero-order valence-electron chi connectivity index (χ0n) is 20.0. The first-order valence-corrected chi connectivity index (χ1v) is 15.1. The number of rotatable bonds is 10. The summed E-state index contributed by atoms with van der Waals surface area (Å²) in [6.45, 7) is 4.57. The van der Waals surface area contributed by atoms with Gasteiger partial charge in [0.05, 0.1) is 0 Å². The number of amides is 2. The number of β-lactam (4-membered cyclic amide) rings is 1. The maximum absolute atomic E-state index is 13.7. The summed E-state index contributed by atoms with van der Waals surface area (Å²) in [7, 11) is -3.99. The molecular weight excluding hydrogens is 563 g/mol. The number of nitrogens with one attached hydrogen (secondary N) is 1. The zero-order valence-corrected chi connectivity index (χ0v) is 22.6. The van der Waals surface area contributed by atoms with Gasteiger partial charge in [-0.25, -0.2) is 0 Å². The molecular formula is C26H26N2O7SSe. The minimum atomic E-state index is -3.99. The van der Waals surface area contributed by atoms with E-state index in [1.54, 1.807) is 30.3 Å². The molecule has 194 valence electrons. The van der Waals surface area contributed by atoms with Gasteiger partial charge < -0.3 is 0 Å². The van der Waals surface area contributed by atoms with Crippen LogP contribution in [0.1, 0.15) is 6.92 Å². The molecule has 2 heterocycles. The molecule has 0 spiro atoms. The molecule has 0 radical (unpaired) electrons. The van der Waals surface area contributed by atoms with Crippen LogP contribution in [0.5, 0.6) is 5.75 Å². The normalized spacial score (nSPS) is 21.9. The number of hydrogen-bond donors (Lipinski definition) is 1. The molecule has 37 heavy (non-hydrogen) atoms. The summed E-state index contributed by atoms with van der Waals surface area (Å²) in [5.74, 6) is -1.69. The molecule has 9 nitrogen and oxygen atoms in total. The van der Waals surface area contributed by atoms with Crippen LogP contribution in [-0.2, 0) is 29.0 Å². The van der Waals surface area contributed by atoms with Gasteiger partial charge in [0.2, 0.25) is 0 Å². The summed E-state index contributed by atoms with van der Waals surface area (Å²) in [5, 5.41) is 0.330. The summed E-state index contributed by atoms with van der Waals surface area (Å²) in [6.07, 6.45) is 1.38. The Labute approximate surface area is 221 Å². The molecule has 0 bridgehead atoms. The van der Waals surface area contributed by atoms with Gasteiger partial charge in [-0.1, -0.05) is 6.07 Å². The summed E-state index contributed by atoms with van der Waals surface area (Å²) >= 11 is -0.214. The Bertz CT molecular complexity index is 1330. The van der Waals surface area contributed by atoms with Crippen LogP contribution in [0.3, 0.4) is 0 Å². The van der Waals surface area contributed by atoms with Crippen LogP contribution in [0.2, 0.25) is 5.32 Å². The van der Waals surface area contributed by atoms with Crippen LogP contribution in [-0.4, -0.2) is 75.9 Å². The Hall–Kier alpha value is -3.40. The van der Waals surface area contributed by atoms with Crippen molar-refractivity contribution in [3.8, 4) is 5.75 Å². The second-order valence-corrected chi connectivity index (χ2v) is 12.9. The molecule has 2 aromatic carbocycles. The van der Waals surface area contributed by atoms with Crippen molar-refractivity contribution in [3.63, 3.8) is 0 Å². The third-order valence-electron chi connectivity index (χ3n) is 5.97. The predicted octanol–water partition coefficient (Wildman–Crippen LogP) is 0.967. The molecule has 2 aromatic rings. The molecule has 1 unspecified atom stereocenters. The summed E-state index contributed by atoms with van der Waals surface area (Å²) in [6, 6.07) is 16.8. The van der Waals surface area contributed by atoms with Crippen molar-refractivity contribution in [1.82, 2.24) is 10.2 Å². The van der Waals surface area contributed by atoms with Crippen LogP contribution in [0.25, 0.3) is 0 Å². The van der Waals surface area contributed by atoms with Crippen molar-refractivity contribution in [1.29, 1.82) is 0 Å². The van der Waals surface area contributed by atoms with Gasteiger partial charge in [0.1, 0.15) is 0 Å². The van der Waals surface area contributed by atoms with Crippen molar-refractivity contribution in [3.05, 3.63) is 84.6 Å². The second kappa shape index (κ2) is 11.3. The van der Waals surface area contributed by atoms with Gasteiger partial charge in [0.15, 0.2) is 0 Å². The summed E-state index contributed by atoms with van der Waals surface area (Å²) in [4.78, 5) is 39.5. The van der Waals surface area contributed by atoms with E-state index in [2.05, 4.69) is 11.9 Å². The quantitative estimate of drug-likeness (QED) is 0.190. The van der Waals surface area contributed by atoms with Gasteiger partial charge in [0.25, 0.3) is 0 Å². The third kappa shape index (κ3) is 5.48. The van der Waals surface area contributed by atoms with Crippen LogP contribution in [0, 0.1) is 0 Å². The van der Waals surface area contributed by atoms with E-state index >= 15 is 0 Å². The molecule has 0 saturated carbocycles. The van der Waals surface area contributed by atoms with Crippen molar-refractivity contribution in [2.24, 2.45) is 0 Å². The van der Waals surface area contributed by atoms with E-state index in [0.29, 0.717) is 5.75 Å². The molecule has 1 fully saturated rings. The monoisotopic (exact) mass is 590 g/mol. The molecule has 0 aliphatic carbocycles. The fourth-order valence-corrected chi connectivity index (χ4v) is 9.90. The number of fused-ring (bicyclic) bond motifs is 1. The zero-order chi connectivity index (χ0) is 26.6. The average Bonchev–Trinajstić information content (AvgIpc) is 2.90. The predicted molar refractivity (Wildman–Crippen MR) is 138 cm³/mol. The van der Waals surface area contributed by atoms with Crippen LogP contribution in [0.15, 0.2) is 84.6 Å². The maximum atomic E-state index is 13.7. The number of carbonyl (C=O) groups is 3. The molecule has 11 heteroatoms. The Morgan fingerprint density at radius 1 is 1.11 bits per heavy atom. The van der Waals surface area contributed by atoms with E-state index in [9.17, 15) is 22.8 Å². The molecule has 3 atom stereocenters.